The third-order valence-corrected chi connectivity index (χ3v) is 4.54. The van der Waals surface area contributed by atoms with Gasteiger partial charge in [0.05, 0.1) is 23.9 Å². The molecule has 0 aromatic carbocycles. The molecule has 0 spiro atoms. The molecular weight excluding hydrogens is 288 g/mol. The van der Waals surface area contributed by atoms with Gasteiger partial charge in [-0.2, -0.15) is 0 Å². The molecule has 0 amide bonds. The van der Waals surface area contributed by atoms with E-state index in [0.29, 0.717) is 6.61 Å². The fourth-order valence-corrected chi connectivity index (χ4v) is 3.83. The minimum atomic E-state index is -0.416. The normalized spacial score (nSPS) is 17.1. The van der Waals surface area contributed by atoms with Crippen molar-refractivity contribution in [2.75, 3.05) is 13.2 Å². The summed E-state index contributed by atoms with van der Waals surface area (Å²) in [5, 5.41) is 9.51. The quantitative estimate of drug-likeness (QED) is 0.495. The number of hydrogen-bond acceptors (Lipinski definition) is 3. The Hall–Kier alpha value is -0.120. The maximum Gasteiger partial charge on any atom is 0.0745 e. The summed E-state index contributed by atoms with van der Waals surface area (Å²) in [6, 6.07) is 0. The summed E-state index contributed by atoms with van der Waals surface area (Å²) in [5.41, 5.74) is -0.126. The van der Waals surface area contributed by atoms with Crippen molar-refractivity contribution >= 4 is 0 Å². The molecule has 3 nitrogen and oxygen atoms in total. The Bertz CT molecular complexity index is 310. The summed E-state index contributed by atoms with van der Waals surface area (Å²) >= 11 is 0. The molecule has 140 valence electrons. The van der Waals surface area contributed by atoms with Gasteiger partial charge in [-0.1, -0.05) is 33.6 Å². The van der Waals surface area contributed by atoms with E-state index in [4.69, 9.17) is 9.47 Å². The maximum absolute atomic E-state index is 9.51. The first kappa shape index (κ1) is 22.9. The van der Waals surface area contributed by atoms with Crippen molar-refractivity contribution in [3.05, 3.63) is 0 Å². The monoisotopic (exact) mass is 330 g/mol. The lowest BCUT2D eigenvalue weighted by Crippen LogP contribution is -2.41. The van der Waals surface area contributed by atoms with Crippen LogP contribution < -0.4 is 0 Å². The second-order valence-electron chi connectivity index (χ2n) is 8.48. The Morgan fingerprint density at radius 3 is 1.78 bits per heavy atom. The van der Waals surface area contributed by atoms with E-state index >= 15 is 0 Å². The SMILES string of the molecule is CCCOC(C)(C)CC(CC)(CCC)CC(C)(C)OCC(C)O. The molecule has 0 fully saturated rings. The molecule has 0 saturated heterocycles. The molecule has 0 heterocycles. The molecule has 0 aliphatic heterocycles. The molecule has 0 rings (SSSR count). The Balaban J connectivity index is 5.08. The zero-order chi connectivity index (χ0) is 18.1. The van der Waals surface area contributed by atoms with Crippen molar-refractivity contribution < 1.29 is 14.6 Å². The predicted octanol–water partition coefficient (Wildman–Crippen LogP) is 5.34. The molecule has 3 heteroatoms. The highest BCUT2D eigenvalue weighted by Gasteiger charge is 2.39. The molecule has 0 bridgehead atoms. The highest BCUT2D eigenvalue weighted by Crippen LogP contribution is 2.45. The molecule has 0 aromatic heterocycles. The lowest BCUT2D eigenvalue weighted by Gasteiger charge is -2.44. The average Bonchev–Trinajstić information content (AvgIpc) is 2.42. The third kappa shape index (κ3) is 9.69. The molecule has 0 aromatic rings. The number of aliphatic hydroxyl groups excluding tert-OH is 1. The summed E-state index contributed by atoms with van der Waals surface area (Å²) in [5.74, 6) is 0. The van der Waals surface area contributed by atoms with E-state index < -0.39 is 6.10 Å². The van der Waals surface area contributed by atoms with Crippen LogP contribution in [0.25, 0.3) is 0 Å². The van der Waals surface area contributed by atoms with Gasteiger partial charge in [0.2, 0.25) is 0 Å². The molecule has 0 aliphatic carbocycles. The zero-order valence-corrected chi connectivity index (χ0v) is 17.0. The van der Waals surface area contributed by atoms with E-state index in [1.165, 1.54) is 12.8 Å². The summed E-state index contributed by atoms with van der Waals surface area (Å²) < 4.78 is 12.1. The minimum absolute atomic E-state index is 0.110. The fourth-order valence-electron chi connectivity index (χ4n) is 3.83. The Morgan fingerprint density at radius 1 is 0.870 bits per heavy atom. The topological polar surface area (TPSA) is 38.7 Å². The standard InChI is InChI=1S/C20H42O3/c1-9-12-20(11-3,15-18(5,6)22-13-10-2)16-19(7,8)23-14-17(4)21/h17,21H,9-16H2,1-8H3. The van der Waals surface area contributed by atoms with Crippen LogP contribution in [0.15, 0.2) is 0 Å². The number of rotatable bonds is 13. The van der Waals surface area contributed by atoms with E-state index in [1.54, 1.807) is 6.92 Å². The number of hydrogen-bond donors (Lipinski definition) is 1. The van der Waals surface area contributed by atoms with E-state index in [1.807, 2.05) is 0 Å². The van der Waals surface area contributed by atoms with E-state index in [9.17, 15) is 5.11 Å². The fraction of sp³-hybridized carbons (Fsp3) is 1.00. The Labute approximate surface area is 145 Å². The highest BCUT2D eigenvalue weighted by molar-refractivity contribution is 4.91. The third-order valence-electron chi connectivity index (χ3n) is 4.54. The van der Waals surface area contributed by atoms with Gasteiger partial charge in [-0.05, 0) is 65.7 Å². The van der Waals surface area contributed by atoms with Crippen molar-refractivity contribution in [3.63, 3.8) is 0 Å². The zero-order valence-electron chi connectivity index (χ0n) is 17.0. The number of ether oxygens (including phenoxy) is 2. The number of aliphatic hydroxyl groups is 1. The van der Waals surface area contributed by atoms with Gasteiger partial charge in [0.25, 0.3) is 0 Å². The molecule has 1 N–H and O–H groups in total. The maximum atomic E-state index is 9.51. The van der Waals surface area contributed by atoms with Gasteiger partial charge in [-0.25, -0.2) is 0 Å². The van der Waals surface area contributed by atoms with Crippen molar-refractivity contribution in [2.45, 2.75) is 111 Å². The average molecular weight is 331 g/mol. The molecular formula is C20H42O3. The van der Waals surface area contributed by atoms with E-state index in [2.05, 4.69) is 48.5 Å². The molecule has 2 atom stereocenters. The molecule has 0 radical (unpaired) electrons. The molecule has 0 saturated carbocycles. The van der Waals surface area contributed by atoms with E-state index in [0.717, 1.165) is 32.3 Å². The summed E-state index contributed by atoms with van der Waals surface area (Å²) in [6.07, 6.45) is 6.16. The summed E-state index contributed by atoms with van der Waals surface area (Å²) in [7, 11) is 0. The van der Waals surface area contributed by atoms with Crippen LogP contribution in [0.5, 0.6) is 0 Å². The Morgan fingerprint density at radius 2 is 1.39 bits per heavy atom. The van der Waals surface area contributed by atoms with Gasteiger partial charge in [0.15, 0.2) is 0 Å². The van der Waals surface area contributed by atoms with Gasteiger partial charge in [0.1, 0.15) is 0 Å². The van der Waals surface area contributed by atoms with E-state index in [-0.39, 0.29) is 16.6 Å². The highest BCUT2D eigenvalue weighted by atomic mass is 16.5. The molecule has 2 unspecified atom stereocenters. The minimum Gasteiger partial charge on any atom is -0.391 e. The lowest BCUT2D eigenvalue weighted by molar-refractivity contribution is -0.104. The first-order valence-electron chi connectivity index (χ1n) is 9.47. The van der Waals surface area contributed by atoms with Gasteiger partial charge in [0, 0.05) is 6.61 Å². The Kier molecular flexibility index (Phi) is 9.95. The van der Waals surface area contributed by atoms with Crippen LogP contribution in [0.2, 0.25) is 0 Å². The van der Waals surface area contributed by atoms with Crippen molar-refractivity contribution in [1.82, 2.24) is 0 Å². The van der Waals surface area contributed by atoms with Crippen molar-refractivity contribution in [1.29, 1.82) is 0 Å². The summed E-state index contributed by atoms with van der Waals surface area (Å²) in [6.45, 7) is 18.4. The second-order valence-corrected chi connectivity index (χ2v) is 8.48. The first-order chi connectivity index (χ1) is 10.5. The van der Waals surface area contributed by atoms with Gasteiger partial charge in [-0.3, -0.25) is 0 Å². The van der Waals surface area contributed by atoms with Crippen molar-refractivity contribution in [2.24, 2.45) is 5.41 Å². The lowest BCUT2D eigenvalue weighted by atomic mass is 9.67. The summed E-state index contributed by atoms with van der Waals surface area (Å²) in [4.78, 5) is 0. The largest absolute Gasteiger partial charge is 0.391 e. The van der Waals surface area contributed by atoms with Crippen LogP contribution in [-0.4, -0.2) is 35.6 Å². The van der Waals surface area contributed by atoms with Gasteiger partial charge >= 0.3 is 0 Å². The van der Waals surface area contributed by atoms with Crippen LogP contribution in [0.3, 0.4) is 0 Å². The molecule has 23 heavy (non-hydrogen) atoms. The van der Waals surface area contributed by atoms with Crippen LogP contribution in [-0.2, 0) is 9.47 Å². The van der Waals surface area contributed by atoms with Crippen LogP contribution in [0, 0.1) is 5.41 Å². The molecule has 0 aliphatic rings. The van der Waals surface area contributed by atoms with Gasteiger partial charge < -0.3 is 14.6 Å². The van der Waals surface area contributed by atoms with Crippen molar-refractivity contribution in [3.8, 4) is 0 Å². The second kappa shape index (κ2) is 10.0. The first-order valence-corrected chi connectivity index (χ1v) is 9.47. The van der Waals surface area contributed by atoms with Crippen LogP contribution in [0.1, 0.15) is 93.9 Å². The predicted molar refractivity (Wildman–Crippen MR) is 98.9 cm³/mol. The van der Waals surface area contributed by atoms with Gasteiger partial charge in [-0.15, -0.1) is 0 Å². The van der Waals surface area contributed by atoms with Crippen LogP contribution in [0.4, 0.5) is 0 Å². The van der Waals surface area contributed by atoms with Crippen LogP contribution >= 0.6 is 0 Å². The smallest absolute Gasteiger partial charge is 0.0745 e.